The molecule has 1 saturated heterocycles. The van der Waals surface area contributed by atoms with E-state index in [2.05, 4.69) is 0 Å². The monoisotopic (exact) mass is 201 g/mol. The molecule has 1 unspecified atom stereocenters. The second-order valence-corrected chi connectivity index (χ2v) is 5.06. The van der Waals surface area contributed by atoms with Gasteiger partial charge < -0.3 is 4.74 Å². The van der Waals surface area contributed by atoms with E-state index >= 15 is 0 Å². The Kier molecular flexibility index (Phi) is 3.42. The molecule has 1 heterocycles. The van der Waals surface area contributed by atoms with Crippen molar-refractivity contribution in [1.29, 1.82) is 0 Å². The van der Waals surface area contributed by atoms with Gasteiger partial charge in [0.1, 0.15) is 0 Å². The Morgan fingerprint density at radius 3 is 2.55 bits per heavy atom. The SMILES string of the molecule is COS(O)(Cl)N1CCOCC1. The van der Waals surface area contributed by atoms with Crippen LogP contribution in [0.15, 0.2) is 0 Å². The Bertz CT molecular complexity index is 129. The van der Waals surface area contributed by atoms with Gasteiger partial charge in [-0.15, -0.1) is 0 Å². The molecule has 11 heavy (non-hydrogen) atoms. The highest BCUT2D eigenvalue weighted by molar-refractivity contribution is 8.41. The highest BCUT2D eigenvalue weighted by Gasteiger charge is 2.24. The number of rotatable bonds is 2. The van der Waals surface area contributed by atoms with Gasteiger partial charge in [0.05, 0.1) is 20.3 Å². The van der Waals surface area contributed by atoms with E-state index in [0.29, 0.717) is 26.3 Å². The van der Waals surface area contributed by atoms with Crippen LogP contribution >= 0.6 is 20.7 Å². The summed E-state index contributed by atoms with van der Waals surface area (Å²) in [5.74, 6) is 0. The van der Waals surface area contributed by atoms with Gasteiger partial charge in [-0.25, -0.2) is 0 Å². The smallest absolute Gasteiger partial charge is 0.0633 e. The molecule has 1 N–H and O–H groups in total. The first kappa shape index (κ1) is 9.57. The van der Waals surface area contributed by atoms with Crippen molar-refractivity contribution < 1.29 is 13.5 Å². The van der Waals surface area contributed by atoms with Crippen molar-refractivity contribution in [2.45, 2.75) is 0 Å². The van der Waals surface area contributed by atoms with Gasteiger partial charge in [-0.05, 0) is 9.99 Å². The molecular formula is C5H12ClNO3S. The quantitative estimate of drug-likeness (QED) is 0.730. The molecule has 68 valence electrons. The van der Waals surface area contributed by atoms with Crippen LogP contribution in [0.5, 0.6) is 0 Å². The van der Waals surface area contributed by atoms with E-state index in [0.717, 1.165) is 0 Å². The number of hydrogen-bond acceptors (Lipinski definition) is 4. The molecular weight excluding hydrogens is 190 g/mol. The Balaban J connectivity index is 2.43. The summed E-state index contributed by atoms with van der Waals surface area (Å²) in [6.45, 7) is 2.46. The predicted octanol–water partition coefficient (Wildman–Crippen LogP) is 1.23. The van der Waals surface area contributed by atoms with Gasteiger partial charge in [0, 0.05) is 23.8 Å². The normalized spacial score (nSPS) is 29.4. The fourth-order valence-electron chi connectivity index (χ4n) is 0.877. The van der Waals surface area contributed by atoms with Crippen LogP contribution in [0.1, 0.15) is 0 Å². The van der Waals surface area contributed by atoms with Crippen molar-refractivity contribution >= 4 is 20.7 Å². The van der Waals surface area contributed by atoms with Crippen LogP contribution in [0.25, 0.3) is 0 Å². The lowest BCUT2D eigenvalue weighted by atomic mass is 10.5. The zero-order chi connectivity index (χ0) is 8.32. The summed E-state index contributed by atoms with van der Waals surface area (Å²) in [6, 6.07) is 0. The van der Waals surface area contributed by atoms with Crippen molar-refractivity contribution in [2.24, 2.45) is 0 Å². The molecule has 0 aliphatic carbocycles. The van der Waals surface area contributed by atoms with E-state index < -0.39 is 9.99 Å². The van der Waals surface area contributed by atoms with Crippen molar-refractivity contribution in [3.8, 4) is 0 Å². The summed E-state index contributed by atoms with van der Waals surface area (Å²) in [6.07, 6.45) is 0. The van der Waals surface area contributed by atoms with Gasteiger partial charge in [0.15, 0.2) is 0 Å². The minimum atomic E-state index is -2.50. The highest BCUT2D eigenvalue weighted by Crippen LogP contribution is 2.52. The van der Waals surface area contributed by atoms with Gasteiger partial charge in [-0.1, -0.05) is 0 Å². The lowest BCUT2D eigenvalue weighted by Crippen LogP contribution is -2.36. The Hall–Kier alpha value is 0.480. The third kappa shape index (κ3) is 2.47. The van der Waals surface area contributed by atoms with E-state index in [1.165, 1.54) is 7.11 Å². The van der Waals surface area contributed by atoms with E-state index in [1.807, 2.05) is 0 Å². The van der Waals surface area contributed by atoms with Crippen molar-refractivity contribution in [3.63, 3.8) is 0 Å². The average Bonchev–Trinajstić information content (AvgIpc) is 2.06. The number of ether oxygens (including phenoxy) is 1. The minimum absolute atomic E-state index is 0.603. The molecule has 0 bridgehead atoms. The summed E-state index contributed by atoms with van der Waals surface area (Å²) in [4.78, 5) is 0. The standard InChI is InChI=1S/C5H12ClNO3S/c1-9-11(6,8)7-2-4-10-5-3-7/h8H,2-5H2,1H3. The van der Waals surface area contributed by atoms with Crippen LogP contribution in [-0.4, -0.2) is 42.3 Å². The van der Waals surface area contributed by atoms with Crippen LogP contribution in [0.3, 0.4) is 0 Å². The maximum absolute atomic E-state index is 9.44. The van der Waals surface area contributed by atoms with E-state index in [1.54, 1.807) is 4.31 Å². The van der Waals surface area contributed by atoms with Crippen LogP contribution in [0, 0.1) is 0 Å². The topological polar surface area (TPSA) is 41.9 Å². The fourth-order valence-corrected chi connectivity index (χ4v) is 2.10. The minimum Gasteiger partial charge on any atom is -0.379 e. The molecule has 6 heteroatoms. The maximum atomic E-state index is 9.44. The Labute approximate surface area is 72.4 Å². The largest absolute Gasteiger partial charge is 0.379 e. The number of nitrogens with zero attached hydrogens (tertiary/aromatic N) is 1. The van der Waals surface area contributed by atoms with Gasteiger partial charge in [-0.2, -0.15) is 4.31 Å². The summed E-state index contributed by atoms with van der Waals surface area (Å²) < 4.78 is 21.0. The van der Waals surface area contributed by atoms with Crippen LogP contribution in [-0.2, 0) is 8.92 Å². The molecule has 1 atom stereocenters. The molecule has 0 aromatic carbocycles. The summed E-state index contributed by atoms with van der Waals surface area (Å²) >= 11 is 0. The van der Waals surface area contributed by atoms with Crippen LogP contribution < -0.4 is 0 Å². The van der Waals surface area contributed by atoms with Gasteiger partial charge in [-0.3, -0.25) is 8.74 Å². The van der Waals surface area contributed by atoms with Crippen LogP contribution in [0.2, 0.25) is 0 Å². The average molecular weight is 202 g/mol. The van der Waals surface area contributed by atoms with Gasteiger partial charge >= 0.3 is 0 Å². The maximum Gasteiger partial charge on any atom is 0.0633 e. The summed E-state index contributed by atoms with van der Waals surface area (Å²) in [5.41, 5.74) is 0. The van der Waals surface area contributed by atoms with E-state index in [4.69, 9.17) is 19.6 Å². The van der Waals surface area contributed by atoms with Gasteiger partial charge in [0.25, 0.3) is 0 Å². The highest BCUT2D eigenvalue weighted by atomic mass is 35.7. The zero-order valence-electron chi connectivity index (χ0n) is 6.33. The summed E-state index contributed by atoms with van der Waals surface area (Å²) in [5, 5.41) is 0. The van der Waals surface area contributed by atoms with E-state index in [9.17, 15) is 4.55 Å². The Morgan fingerprint density at radius 1 is 1.55 bits per heavy atom. The Morgan fingerprint density at radius 2 is 2.09 bits per heavy atom. The zero-order valence-corrected chi connectivity index (χ0v) is 7.90. The predicted molar refractivity (Wildman–Crippen MR) is 45.5 cm³/mol. The molecule has 0 saturated carbocycles. The van der Waals surface area contributed by atoms with Crippen molar-refractivity contribution in [1.82, 2.24) is 4.31 Å². The first-order valence-electron chi connectivity index (χ1n) is 3.30. The van der Waals surface area contributed by atoms with Crippen LogP contribution in [0.4, 0.5) is 0 Å². The molecule has 1 aliphatic rings. The molecule has 0 amide bonds. The number of halogens is 1. The molecule has 0 aromatic rings. The van der Waals surface area contributed by atoms with Crippen molar-refractivity contribution in [2.75, 3.05) is 33.4 Å². The second-order valence-electron chi connectivity index (χ2n) is 2.14. The lowest BCUT2D eigenvalue weighted by molar-refractivity contribution is 0.0689. The molecule has 0 radical (unpaired) electrons. The summed E-state index contributed by atoms with van der Waals surface area (Å²) in [7, 11) is 4.59. The van der Waals surface area contributed by atoms with Crippen molar-refractivity contribution in [3.05, 3.63) is 0 Å². The number of hydrogen-bond donors (Lipinski definition) is 1. The third-order valence-corrected chi connectivity index (χ3v) is 3.89. The first-order chi connectivity index (χ1) is 5.17. The first-order valence-corrected chi connectivity index (χ1v) is 5.60. The number of morpholine rings is 1. The van der Waals surface area contributed by atoms with E-state index in [-0.39, 0.29) is 0 Å². The molecule has 4 nitrogen and oxygen atoms in total. The molecule has 1 rings (SSSR count). The van der Waals surface area contributed by atoms with Gasteiger partial charge in [0.2, 0.25) is 0 Å². The molecule has 0 spiro atoms. The third-order valence-electron chi connectivity index (χ3n) is 1.50. The second kappa shape index (κ2) is 3.93. The molecule has 0 aromatic heterocycles. The lowest BCUT2D eigenvalue weighted by Gasteiger charge is -2.41. The molecule has 1 fully saturated rings. The fraction of sp³-hybridized carbons (Fsp3) is 1.00. The molecule has 1 aliphatic heterocycles.